The molecule has 4 aromatic rings. The molecule has 0 bridgehead atoms. The number of benzene rings is 1. The highest BCUT2D eigenvalue weighted by Gasteiger charge is 2.43. The van der Waals surface area contributed by atoms with Crippen molar-refractivity contribution in [3.05, 3.63) is 95.8 Å². The van der Waals surface area contributed by atoms with Gasteiger partial charge in [-0.05, 0) is 74.1 Å². The van der Waals surface area contributed by atoms with Crippen molar-refractivity contribution in [1.82, 2.24) is 19.9 Å². The predicted molar refractivity (Wildman–Crippen MR) is 141 cm³/mol. The van der Waals surface area contributed by atoms with E-state index in [1.165, 1.54) is 0 Å². The Morgan fingerprint density at radius 3 is 2.51 bits per heavy atom. The summed E-state index contributed by atoms with van der Waals surface area (Å²) in [5.41, 5.74) is 6.12. The summed E-state index contributed by atoms with van der Waals surface area (Å²) in [6.07, 6.45) is 5.47. The minimum absolute atomic E-state index is 0.164. The largest absolute Gasteiger partial charge is 0.497 e. The molecule has 0 spiro atoms. The van der Waals surface area contributed by atoms with Gasteiger partial charge in [0.2, 0.25) is 0 Å². The van der Waals surface area contributed by atoms with E-state index in [4.69, 9.17) is 21.7 Å². The summed E-state index contributed by atoms with van der Waals surface area (Å²) in [4.78, 5) is 11.1. The summed E-state index contributed by atoms with van der Waals surface area (Å²) in [5.74, 6) is 1.44. The summed E-state index contributed by atoms with van der Waals surface area (Å²) in [5, 5.41) is 4.13. The molecule has 0 aliphatic carbocycles. The molecule has 0 amide bonds. The summed E-state index contributed by atoms with van der Waals surface area (Å²) in [6.45, 7) is 4.24. The lowest BCUT2D eigenvalue weighted by Gasteiger charge is -2.29. The summed E-state index contributed by atoms with van der Waals surface area (Å²) in [7, 11) is 3.32. The van der Waals surface area contributed by atoms with Crippen molar-refractivity contribution in [2.75, 3.05) is 19.1 Å². The molecule has 35 heavy (non-hydrogen) atoms. The second kappa shape index (κ2) is 9.38. The van der Waals surface area contributed by atoms with Crippen LogP contribution in [-0.2, 0) is 0 Å². The van der Waals surface area contributed by atoms with E-state index in [0.29, 0.717) is 10.9 Å². The van der Waals surface area contributed by atoms with Gasteiger partial charge in [0.25, 0.3) is 0 Å². The lowest BCUT2D eigenvalue weighted by atomic mass is 9.96. The molecule has 0 radical (unpaired) electrons. The van der Waals surface area contributed by atoms with Crippen LogP contribution in [0.1, 0.15) is 34.7 Å². The quantitative estimate of drug-likeness (QED) is 0.382. The van der Waals surface area contributed by atoms with Gasteiger partial charge in [-0.3, -0.25) is 9.97 Å². The zero-order valence-electron chi connectivity index (χ0n) is 20.1. The van der Waals surface area contributed by atoms with Crippen molar-refractivity contribution in [1.29, 1.82) is 0 Å². The maximum absolute atomic E-state index is 5.91. The number of nitrogens with zero attached hydrogens (tertiary/aromatic N) is 4. The first kappa shape index (κ1) is 22.9. The number of methoxy groups -OCH3 is 2. The van der Waals surface area contributed by atoms with E-state index in [1.54, 1.807) is 20.4 Å². The SMILES string of the molecule is COc1ccc(OC)c(N2C(=S)N[C@@H](c3ccccn3)[C@H]2c2cc(C)n(-c3cccnc3)c2C)c1. The van der Waals surface area contributed by atoms with Crippen molar-refractivity contribution in [2.24, 2.45) is 0 Å². The number of pyridine rings is 2. The van der Waals surface area contributed by atoms with E-state index in [2.05, 4.69) is 50.7 Å². The van der Waals surface area contributed by atoms with Gasteiger partial charge in [0.15, 0.2) is 5.11 Å². The molecule has 1 N–H and O–H groups in total. The summed E-state index contributed by atoms with van der Waals surface area (Å²) >= 11 is 5.91. The number of rotatable bonds is 6. The first-order valence-corrected chi connectivity index (χ1v) is 11.8. The number of anilines is 1. The monoisotopic (exact) mass is 485 g/mol. The van der Waals surface area contributed by atoms with Gasteiger partial charge in [-0.25, -0.2) is 0 Å². The van der Waals surface area contributed by atoms with Crippen LogP contribution in [0, 0.1) is 13.8 Å². The number of hydrogen-bond donors (Lipinski definition) is 1. The van der Waals surface area contributed by atoms with Crippen LogP contribution in [0.25, 0.3) is 5.69 Å². The van der Waals surface area contributed by atoms with Crippen molar-refractivity contribution < 1.29 is 9.47 Å². The second-order valence-corrected chi connectivity index (χ2v) is 8.79. The van der Waals surface area contributed by atoms with Crippen LogP contribution in [-0.4, -0.2) is 33.9 Å². The zero-order chi connectivity index (χ0) is 24.5. The zero-order valence-corrected chi connectivity index (χ0v) is 20.9. The number of aromatic nitrogens is 3. The second-order valence-electron chi connectivity index (χ2n) is 8.41. The Kier molecular flexibility index (Phi) is 6.13. The number of ether oxygens (including phenoxy) is 2. The summed E-state index contributed by atoms with van der Waals surface area (Å²) in [6, 6.07) is 17.6. The fourth-order valence-electron chi connectivity index (χ4n) is 4.89. The molecular weight excluding hydrogens is 458 g/mol. The van der Waals surface area contributed by atoms with E-state index in [-0.39, 0.29) is 12.1 Å². The van der Waals surface area contributed by atoms with Crippen LogP contribution in [0.5, 0.6) is 11.5 Å². The molecule has 0 unspecified atom stereocenters. The highest BCUT2D eigenvalue weighted by molar-refractivity contribution is 7.80. The number of aryl methyl sites for hydroxylation is 1. The number of hydrogen-bond acceptors (Lipinski definition) is 5. The van der Waals surface area contributed by atoms with E-state index < -0.39 is 0 Å². The highest BCUT2D eigenvalue weighted by Crippen LogP contribution is 2.47. The van der Waals surface area contributed by atoms with Crippen LogP contribution in [0.2, 0.25) is 0 Å². The molecule has 1 aliphatic heterocycles. The van der Waals surface area contributed by atoms with Crippen LogP contribution < -0.4 is 19.7 Å². The van der Waals surface area contributed by atoms with Crippen LogP contribution >= 0.6 is 12.2 Å². The fourth-order valence-corrected chi connectivity index (χ4v) is 5.22. The van der Waals surface area contributed by atoms with E-state index in [9.17, 15) is 0 Å². The van der Waals surface area contributed by atoms with Gasteiger partial charge in [0.1, 0.15) is 11.5 Å². The van der Waals surface area contributed by atoms with Crippen LogP contribution in [0.3, 0.4) is 0 Å². The Bertz CT molecular complexity index is 1360. The maximum Gasteiger partial charge on any atom is 0.174 e. The molecule has 7 nitrogen and oxygen atoms in total. The molecule has 1 fully saturated rings. The molecule has 8 heteroatoms. The Morgan fingerprint density at radius 1 is 0.971 bits per heavy atom. The van der Waals surface area contributed by atoms with E-state index >= 15 is 0 Å². The third-order valence-electron chi connectivity index (χ3n) is 6.44. The van der Waals surface area contributed by atoms with Gasteiger partial charge in [0, 0.05) is 29.8 Å². The van der Waals surface area contributed by atoms with Gasteiger partial charge in [-0.1, -0.05) is 6.07 Å². The van der Waals surface area contributed by atoms with Gasteiger partial charge < -0.3 is 24.3 Å². The van der Waals surface area contributed by atoms with Gasteiger partial charge >= 0.3 is 0 Å². The van der Waals surface area contributed by atoms with Crippen LogP contribution in [0.15, 0.2) is 73.2 Å². The highest BCUT2D eigenvalue weighted by atomic mass is 32.1. The molecule has 5 rings (SSSR count). The number of nitrogens with one attached hydrogen (secondary N) is 1. The molecule has 1 aromatic carbocycles. The van der Waals surface area contributed by atoms with Crippen LogP contribution in [0.4, 0.5) is 5.69 Å². The lowest BCUT2D eigenvalue weighted by molar-refractivity contribution is 0.403. The van der Waals surface area contributed by atoms with Gasteiger partial charge in [0.05, 0.1) is 49.6 Å². The minimum Gasteiger partial charge on any atom is -0.497 e. The maximum atomic E-state index is 5.91. The van der Waals surface area contributed by atoms with Crippen molar-refractivity contribution in [3.63, 3.8) is 0 Å². The predicted octanol–water partition coefficient (Wildman–Crippen LogP) is 5.08. The molecule has 178 valence electrons. The first-order chi connectivity index (χ1) is 17.0. The lowest BCUT2D eigenvalue weighted by Crippen LogP contribution is -2.30. The smallest absolute Gasteiger partial charge is 0.174 e. The molecule has 3 aromatic heterocycles. The van der Waals surface area contributed by atoms with Crippen molar-refractivity contribution in [2.45, 2.75) is 25.9 Å². The van der Waals surface area contributed by atoms with Crippen molar-refractivity contribution in [3.8, 4) is 17.2 Å². The van der Waals surface area contributed by atoms with E-state index in [0.717, 1.165) is 39.8 Å². The van der Waals surface area contributed by atoms with E-state index in [1.807, 2.05) is 54.9 Å². The molecule has 1 saturated heterocycles. The Morgan fingerprint density at radius 2 is 1.83 bits per heavy atom. The molecule has 0 saturated carbocycles. The summed E-state index contributed by atoms with van der Waals surface area (Å²) < 4.78 is 13.5. The molecule has 1 aliphatic rings. The Hall–Kier alpha value is -3.91. The Labute approximate surface area is 210 Å². The molecule has 2 atom stereocenters. The standard InChI is InChI=1S/C27H27N5O2S/c1-17-14-21(18(2)31(17)19-8-7-12-28-16-19)26-25(22-9-5-6-13-29-22)30-27(35)32(26)23-15-20(33-3)10-11-24(23)34-4/h5-16,25-26H,1-4H3,(H,30,35)/t25-,26+/m0/s1. The third kappa shape index (κ3) is 4.00. The Balaban J connectivity index is 1.72. The molecule has 4 heterocycles. The van der Waals surface area contributed by atoms with Gasteiger partial charge in [-0.15, -0.1) is 0 Å². The first-order valence-electron chi connectivity index (χ1n) is 11.4. The average Bonchev–Trinajstić information content (AvgIpc) is 3.39. The minimum atomic E-state index is -0.171. The topological polar surface area (TPSA) is 64.4 Å². The third-order valence-corrected chi connectivity index (χ3v) is 6.75. The molecular formula is C27H27N5O2S. The fraction of sp³-hybridized carbons (Fsp3) is 0.222. The van der Waals surface area contributed by atoms with Crippen molar-refractivity contribution >= 4 is 23.0 Å². The van der Waals surface area contributed by atoms with Gasteiger partial charge in [-0.2, -0.15) is 0 Å². The normalized spacial score (nSPS) is 17.4. The average molecular weight is 486 g/mol. The number of thiocarbonyl (C=S) groups is 1.